The molecule has 4 aliphatic rings. The Labute approximate surface area is 213 Å². The number of aliphatic hydroxyl groups excluding tert-OH is 1. The highest BCUT2D eigenvalue weighted by Crippen LogP contribution is 2.69. The number of nitrogens with zero attached hydrogens (tertiary/aromatic N) is 2. The van der Waals surface area contributed by atoms with Crippen molar-refractivity contribution < 1.29 is 23.1 Å². The van der Waals surface area contributed by atoms with Gasteiger partial charge in [-0.15, -0.1) is 0 Å². The van der Waals surface area contributed by atoms with Crippen molar-refractivity contribution in [1.29, 1.82) is 0 Å². The van der Waals surface area contributed by atoms with Crippen LogP contribution in [0.4, 0.5) is 13.2 Å². The van der Waals surface area contributed by atoms with Crippen molar-refractivity contribution >= 4 is 23.0 Å². The van der Waals surface area contributed by atoms with Gasteiger partial charge in [-0.2, -0.15) is 5.10 Å². The molecule has 0 aliphatic heterocycles. The van der Waals surface area contributed by atoms with Crippen molar-refractivity contribution in [1.82, 2.24) is 9.78 Å². The molecule has 1 N–H and O–H groups in total. The fraction of sp³-hybridized carbons (Fsp3) is 0.571. The van der Waals surface area contributed by atoms with E-state index in [1.807, 2.05) is 19.9 Å². The average molecular weight is 517 g/mol. The number of aromatic nitrogens is 2. The van der Waals surface area contributed by atoms with E-state index >= 15 is 4.39 Å². The molecule has 0 radical (unpaired) electrons. The summed E-state index contributed by atoms with van der Waals surface area (Å²) in [4.78, 5) is 12.7. The Morgan fingerprint density at radius 3 is 2.67 bits per heavy atom. The van der Waals surface area contributed by atoms with Gasteiger partial charge in [0.15, 0.2) is 5.12 Å². The molecule has 1 aromatic carbocycles. The summed E-state index contributed by atoms with van der Waals surface area (Å²) in [5.41, 5.74) is 0.243. The third-order valence-corrected chi connectivity index (χ3v) is 10.8. The number of carbonyl (C=O) groups excluding carboxylic acids is 1. The number of aliphatic hydroxyl groups is 1. The lowest BCUT2D eigenvalue weighted by Crippen LogP contribution is -2.67. The predicted molar refractivity (Wildman–Crippen MR) is 133 cm³/mol. The van der Waals surface area contributed by atoms with Crippen molar-refractivity contribution in [2.45, 2.75) is 64.1 Å². The molecular formula is C28H31F3N2O2S. The van der Waals surface area contributed by atoms with Crippen molar-refractivity contribution in [3.63, 3.8) is 0 Å². The number of halogens is 3. The molecule has 0 amide bonds. The third kappa shape index (κ3) is 3.12. The van der Waals surface area contributed by atoms with Gasteiger partial charge in [0.05, 0.1) is 23.7 Å². The lowest BCUT2D eigenvalue weighted by molar-refractivity contribution is -0.205. The van der Waals surface area contributed by atoms with E-state index in [2.05, 4.69) is 5.10 Å². The normalized spacial score (nSPS) is 39.0. The van der Waals surface area contributed by atoms with Gasteiger partial charge in [0, 0.05) is 17.3 Å². The number of rotatable bonds is 3. The van der Waals surface area contributed by atoms with E-state index in [1.165, 1.54) is 12.1 Å². The van der Waals surface area contributed by atoms with Crippen LogP contribution in [-0.2, 0) is 11.2 Å². The average Bonchev–Trinajstić information content (AvgIpc) is 3.39. The zero-order chi connectivity index (χ0) is 25.5. The van der Waals surface area contributed by atoms with E-state index in [1.54, 1.807) is 23.0 Å². The molecule has 4 nitrogen and oxygen atoms in total. The van der Waals surface area contributed by atoms with Crippen LogP contribution >= 0.6 is 11.8 Å². The number of thioether (sulfide) groups is 1. The third-order valence-electron chi connectivity index (χ3n) is 10.1. The molecule has 1 aromatic heterocycles. The minimum Gasteiger partial charge on any atom is -0.390 e. The molecule has 7 unspecified atom stereocenters. The van der Waals surface area contributed by atoms with E-state index < -0.39 is 28.6 Å². The fourth-order valence-corrected chi connectivity index (χ4v) is 9.08. The van der Waals surface area contributed by atoms with Crippen LogP contribution in [0.2, 0.25) is 0 Å². The summed E-state index contributed by atoms with van der Waals surface area (Å²) in [5.74, 6) is -1.06. The van der Waals surface area contributed by atoms with Gasteiger partial charge in [0.1, 0.15) is 17.5 Å². The van der Waals surface area contributed by atoms with Crippen LogP contribution < -0.4 is 0 Å². The fourth-order valence-electron chi connectivity index (χ4n) is 8.38. The Morgan fingerprint density at radius 2 is 1.94 bits per heavy atom. The van der Waals surface area contributed by atoms with Crippen LogP contribution in [0, 0.1) is 34.4 Å². The van der Waals surface area contributed by atoms with Crippen LogP contribution in [0.3, 0.4) is 0 Å². The standard InChI is InChI=1S/C28H31F3N2O2S/c1-26-13-24(34)28(31)21(20(26)9-10-22(26)25(35)36-15-29)8-3-17-11-23-16(12-27(17,28)2)14-32-33(23)19-6-4-18(30)5-7-19/h4-7,11,14,20-22,24,34H,3,8-10,12-13,15H2,1-2H3. The number of allylic oxidation sites excluding steroid dienone is 1. The topological polar surface area (TPSA) is 55.1 Å². The monoisotopic (exact) mass is 516 g/mol. The Hall–Kier alpha value is -2.06. The van der Waals surface area contributed by atoms with Gasteiger partial charge in [-0.1, -0.05) is 31.2 Å². The van der Waals surface area contributed by atoms with E-state index in [0.717, 1.165) is 28.9 Å². The van der Waals surface area contributed by atoms with E-state index in [-0.39, 0.29) is 35.1 Å². The molecule has 6 rings (SSSR count). The number of benzene rings is 1. The van der Waals surface area contributed by atoms with Crippen molar-refractivity contribution in [3.05, 3.63) is 53.1 Å². The van der Waals surface area contributed by atoms with Crippen molar-refractivity contribution in [3.8, 4) is 5.69 Å². The Kier molecular flexibility index (Phi) is 5.55. The van der Waals surface area contributed by atoms with Gasteiger partial charge in [-0.05, 0) is 85.8 Å². The van der Waals surface area contributed by atoms with Crippen LogP contribution in [0.1, 0.15) is 57.2 Å². The molecule has 4 aliphatic carbocycles. The van der Waals surface area contributed by atoms with Crippen LogP contribution in [-0.4, -0.2) is 37.8 Å². The summed E-state index contributed by atoms with van der Waals surface area (Å²) < 4.78 is 45.7. The summed E-state index contributed by atoms with van der Waals surface area (Å²) in [6, 6.07) is 5.38. The van der Waals surface area contributed by atoms with Crippen LogP contribution in [0.25, 0.3) is 11.8 Å². The Morgan fingerprint density at radius 1 is 1.19 bits per heavy atom. The molecule has 8 heteroatoms. The van der Waals surface area contributed by atoms with Crippen molar-refractivity contribution in [2.24, 2.45) is 28.6 Å². The molecule has 7 atom stereocenters. The second kappa shape index (κ2) is 8.22. The first-order chi connectivity index (χ1) is 17.1. The summed E-state index contributed by atoms with van der Waals surface area (Å²) >= 11 is 0.703. The largest absolute Gasteiger partial charge is 0.390 e. The highest BCUT2D eigenvalue weighted by Gasteiger charge is 2.71. The first-order valence-electron chi connectivity index (χ1n) is 12.8. The predicted octanol–water partition coefficient (Wildman–Crippen LogP) is 6.06. The van der Waals surface area contributed by atoms with Gasteiger partial charge in [-0.3, -0.25) is 4.79 Å². The highest BCUT2D eigenvalue weighted by atomic mass is 32.2. The summed E-state index contributed by atoms with van der Waals surface area (Å²) in [5, 5.41) is 15.9. The van der Waals surface area contributed by atoms with Gasteiger partial charge < -0.3 is 5.11 Å². The quantitative estimate of drug-likeness (QED) is 0.539. The second-order valence-electron chi connectivity index (χ2n) is 11.6. The van der Waals surface area contributed by atoms with Crippen LogP contribution in [0.15, 0.2) is 36.0 Å². The molecule has 0 spiro atoms. The molecule has 3 saturated carbocycles. The summed E-state index contributed by atoms with van der Waals surface area (Å²) in [7, 11) is 0. The minimum absolute atomic E-state index is 0.0261. The summed E-state index contributed by atoms with van der Waals surface area (Å²) in [6.07, 6.45) is 5.85. The van der Waals surface area contributed by atoms with Gasteiger partial charge in [0.2, 0.25) is 0 Å². The van der Waals surface area contributed by atoms with Crippen molar-refractivity contribution in [2.75, 3.05) is 6.01 Å². The first-order valence-corrected chi connectivity index (χ1v) is 13.8. The number of fused-ring (bicyclic) bond motifs is 6. The maximum Gasteiger partial charge on any atom is 0.195 e. The SMILES string of the molecule is CC12CC(O)C3(F)C(CCC4=Cc5c(cnn5-c5ccc(F)cc5)CC43C)C1CCC2C(=O)SCF. The van der Waals surface area contributed by atoms with E-state index in [9.17, 15) is 18.7 Å². The molecule has 0 saturated heterocycles. The zero-order valence-corrected chi connectivity index (χ0v) is 21.3. The smallest absolute Gasteiger partial charge is 0.195 e. The van der Waals surface area contributed by atoms with E-state index in [4.69, 9.17) is 0 Å². The minimum atomic E-state index is -1.83. The van der Waals surface area contributed by atoms with Gasteiger partial charge in [-0.25, -0.2) is 17.9 Å². The lowest BCUT2D eigenvalue weighted by Gasteiger charge is -2.62. The molecule has 192 valence electrons. The molecule has 0 bridgehead atoms. The molecule has 36 heavy (non-hydrogen) atoms. The van der Waals surface area contributed by atoms with Crippen LogP contribution in [0.5, 0.6) is 0 Å². The maximum atomic E-state index is 17.6. The maximum absolute atomic E-state index is 17.6. The molecule has 1 heterocycles. The summed E-state index contributed by atoms with van der Waals surface area (Å²) in [6.45, 7) is 3.94. The number of alkyl halides is 2. The second-order valence-corrected chi connectivity index (χ2v) is 12.5. The Balaban J connectivity index is 1.37. The molecule has 2 aromatic rings. The molecular weight excluding hydrogens is 485 g/mol. The molecule has 3 fully saturated rings. The lowest BCUT2D eigenvalue weighted by atomic mass is 9.44. The highest BCUT2D eigenvalue weighted by molar-refractivity contribution is 8.13. The number of hydrogen-bond acceptors (Lipinski definition) is 4. The van der Waals surface area contributed by atoms with Gasteiger partial charge >= 0.3 is 0 Å². The Bertz CT molecular complexity index is 1250. The number of hydrogen-bond donors (Lipinski definition) is 1. The van der Waals surface area contributed by atoms with E-state index in [0.29, 0.717) is 37.4 Å². The number of carbonyl (C=O) groups is 1. The zero-order valence-electron chi connectivity index (χ0n) is 20.5. The first kappa shape index (κ1) is 24.3. The van der Waals surface area contributed by atoms with Gasteiger partial charge in [0.25, 0.3) is 0 Å².